The summed E-state index contributed by atoms with van der Waals surface area (Å²) in [5, 5.41) is 3.40. The fourth-order valence-corrected chi connectivity index (χ4v) is 1.69. The average Bonchev–Trinajstić information content (AvgIpc) is 2.47. The van der Waals surface area contributed by atoms with Gasteiger partial charge in [-0.15, -0.1) is 0 Å². The van der Waals surface area contributed by atoms with Crippen LogP contribution in [0.15, 0.2) is 24.3 Å². The predicted molar refractivity (Wildman–Crippen MR) is 55.0 cm³/mol. The van der Waals surface area contributed by atoms with Crippen molar-refractivity contribution in [2.75, 3.05) is 31.1 Å². The molecule has 0 bridgehead atoms. The van der Waals surface area contributed by atoms with Crippen LogP contribution in [-0.2, 0) is 0 Å². The zero-order valence-corrected chi connectivity index (χ0v) is 7.79. The second kappa shape index (κ2) is 4.28. The molecule has 69 valence electrons. The van der Waals surface area contributed by atoms with Gasteiger partial charge in [0.05, 0.1) is 0 Å². The fourth-order valence-electron chi connectivity index (χ4n) is 1.69. The topological polar surface area (TPSA) is 15.3 Å². The Morgan fingerprint density at radius 3 is 2.85 bits per heavy atom. The molecule has 1 saturated heterocycles. The van der Waals surface area contributed by atoms with E-state index in [4.69, 9.17) is 0 Å². The molecule has 2 heteroatoms. The van der Waals surface area contributed by atoms with Gasteiger partial charge in [0.15, 0.2) is 0 Å². The van der Waals surface area contributed by atoms with Crippen molar-refractivity contribution in [2.45, 2.75) is 6.42 Å². The highest BCUT2D eigenvalue weighted by molar-refractivity contribution is 5.45. The Labute approximate surface area is 79.6 Å². The molecule has 1 aliphatic heterocycles. The van der Waals surface area contributed by atoms with Gasteiger partial charge in [0, 0.05) is 25.3 Å². The van der Waals surface area contributed by atoms with Crippen LogP contribution in [0.3, 0.4) is 0 Å². The molecule has 2 nitrogen and oxygen atoms in total. The summed E-state index contributed by atoms with van der Waals surface area (Å²) in [6.45, 7) is 4.52. The molecular weight excluding hydrogens is 160 g/mol. The standard InChI is InChI=1S/C11H15N2/c1-2-5-11(6-3-1)13-9-4-7-12-8-10-13/h2-3,5-6,12H,4,7-10H2. The summed E-state index contributed by atoms with van der Waals surface area (Å²) in [6.07, 6.45) is 1.23. The Balaban J connectivity index is 2.06. The van der Waals surface area contributed by atoms with Crippen molar-refractivity contribution in [3.05, 3.63) is 30.3 Å². The molecule has 1 aliphatic rings. The molecule has 2 rings (SSSR count). The van der Waals surface area contributed by atoms with Gasteiger partial charge in [0.1, 0.15) is 0 Å². The largest absolute Gasteiger partial charge is 0.370 e. The molecule has 0 unspecified atom stereocenters. The van der Waals surface area contributed by atoms with Crippen LogP contribution in [0.4, 0.5) is 5.69 Å². The molecule has 0 spiro atoms. The molecule has 1 heterocycles. The van der Waals surface area contributed by atoms with Gasteiger partial charge in [-0.1, -0.05) is 12.1 Å². The molecule has 1 fully saturated rings. The van der Waals surface area contributed by atoms with E-state index in [2.05, 4.69) is 28.4 Å². The monoisotopic (exact) mass is 175 g/mol. The van der Waals surface area contributed by atoms with Crippen LogP contribution >= 0.6 is 0 Å². The molecule has 0 saturated carbocycles. The van der Waals surface area contributed by atoms with Crippen LogP contribution < -0.4 is 10.2 Å². The number of hydrogen-bond acceptors (Lipinski definition) is 2. The predicted octanol–water partition coefficient (Wildman–Crippen LogP) is 1.29. The van der Waals surface area contributed by atoms with E-state index in [0.29, 0.717) is 0 Å². The van der Waals surface area contributed by atoms with Crippen LogP contribution in [0.5, 0.6) is 0 Å². The number of nitrogens with zero attached hydrogens (tertiary/aromatic N) is 1. The second-order valence-corrected chi connectivity index (χ2v) is 3.35. The SMILES string of the molecule is [c]1ccc(N2CCCNCC2)cc1. The third-order valence-electron chi connectivity index (χ3n) is 2.41. The van der Waals surface area contributed by atoms with Crippen LogP contribution in [0, 0.1) is 6.07 Å². The summed E-state index contributed by atoms with van der Waals surface area (Å²) in [7, 11) is 0. The van der Waals surface area contributed by atoms with Gasteiger partial charge in [0.25, 0.3) is 0 Å². The lowest BCUT2D eigenvalue weighted by Crippen LogP contribution is -2.27. The normalized spacial score (nSPS) is 18.3. The Kier molecular flexibility index (Phi) is 2.82. The smallest absolute Gasteiger partial charge is 0.0367 e. The maximum Gasteiger partial charge on any atom is 0.0367 e. The molecular formula is C11H15N2. The molecule has 1 aromatic rings. The van der Waals surface area contributed by atoms with Crippen molar-refractivity contribution >= 4 is 5.69 Å². The van der Waals surface area contributed by atoms with Gasteiger partial charge in [-0.25, -0.2) is 0 Å². The van der Waals surface area contributed by atoms with Crippen molar-refractivity contribution in [2.24, 2.45) is 0 Å². The first-order valence-electron chi connectivity index (χ1n) is 4.88. The lowest BCUT2D eigenvalue weighted by molar-refractivity contribution is 0.724. The third-order valence-corrected chi connectivity index (χ3v) is 2.41. The van der Waals surface area contributed by atoms with Crippen molar-refractivity contribution in [3.8, 4) is 0 Å². The van der Waals surface area contributed by atoms with E-state index in [-0.39, 0.29) is 0 Å². The Hall–Kier alpha value is -1.02. The number of nitrogens with one attached hydrogen (secondary N) is 1. The molecule has 1 aromatic carbocycles. The highest BCUT2D eigenvalue weighted by Crippen LogP contribution is 2.13. The van der Waals surface area contributed by atoms with Gasteiger partial charge in [-0.3, -0.25) is 0 Å². The summed E-state index contributed by atoms with van der Waals surface area (Å²) >= 11 is 0. The summed E-state index contributed by atoms with van der Waals surface area (Å²) in [5.41, 5.74) is 1.32. The molecule has 0 aromatic heterocycles. The minimum absolute atomic E-state index is 1.10. The van der Waals surface area contributed by atoms with E-state index in [9.17, 15) is 0 Å². The third kappa shape index (κ3) is 2.22. The second-order valence-electron chi connectivity index (χ2n) is 3.35. The van der Waals surface area contributed by atoms with E-state index >= 15 is 0 Å². The summed E-state index contributed by atoms with van der Waals surface area (Å²) in [5.74, 6) is 0. The van der Waals surface area contributed by atoms with Crippen LogP contribution in [0.25, 0.3) is 0 Å². The molecule has 1 radical (unpaired) electrons. The van der Waals surface area contributed by atoms with E-state index in [0.717, 1.165) is 26.2 Å². The van der Waals surface area contributed by atoms with E-state index in [1.807, 2.05) is 12.1 Å². The molecule has 0 atom stereocenters. The first-order valence-corrected chi connectivity index (χ1v) is 4.88. The summed E-state index contributed by atoms with van der Waals surface area (Å²) < 4.78 is 0. The minimum Gasteiger partial charge on any atom is -0.370 e. The van der Waals surface area contributed by atoms with Crippen molar-refractivity contribution in [1.82, 2.24) is 5.32 Å². The van der Waals surface area contributed by atoms with Gasteiger partial charge in [0.2, 0.25) is 0 Å². The fraction of sp³-hybridized carbons (Fsp3) is 0.455. The average molecular weight is 175 g/mol. The van der Waals surface area contributed by atoms with E-state index in [1.165, 1.54) is 12.1 Å². The van der Waals surface area contributed by atoms with Gasteiger partial charge >= 0.3 is 0 Å². The summed E-state index contributed by atoms with van der Waals surface area (Å²) in [4.78, 5) is 2.42. The Bertz CT molecular complexity index is 238. The molecule has 1 N–H and O–H groups in total. The van der Waals surface area contributed by atoms with Gasteiger partial charge in [-0.2, -0.15) is 0 Å². The quantitative estimate of drug-likeness (QED) is 0.692. The van der Waals surface area contributed by atoms with Crippen LogP contribution in [-0.4, -0.2) is 26.2 Å². The lowest BCUT2D eigenvalue weighted by atomic mass is 10.3. The molecule has 0 aliphatic carbocycles. The Morgan fingerprint density at radius 1 is 1.15 bits per heavy atom. The zero-order valence-electron chi connectivity index (χ0n) is 7.79. The van der Waals surface area contributed by atoms with E-state index in [1.54, 1.807) is 0 Å². The first kappa shape index (κ1) is 8.57. The lowest BCUT2D eigenvalue weighted by Gasteiger charge is -2.21. The van der Waals surface area contributed by atoms with Gasteiger partial charge in [-0.05, 0) is 31.2 Å². The van der Waals surface area contributed by atoms with Gasteiger partial charge < -0.3 is 10.2 Å². The molecule has 13 heavy (non-hydrogen) atoms. The number of benzene rings is 1. The highest BCUT2D eigenvalue weighted by atomic mass is 15.2. The molecule has 0 amide bonds. The Morgan fingerprint density at radius 2 is 2.00 bits per heavy atom. The summed E-state index contributed by atoms with van der Waals surface area (Å²) in [6, 6.07) is 11.3. The number of hydrogen-bond donors (Lipinski definition) is 1. The van der Waals surface area contributed by atoms with Crippen molar-refractivity contribution < 1.29 is 0 Å². The van der Waals surface area contributed by atoms with Crippen LogP contribution in [0.2, 0.25) is 0 Å². The zero-order chi connectivity index (χ0) is 8.93. The van der Waals surface area contributed by atoms with E-state index < -0.39 is 0 Å². The number of anilines is 1. The highest BCUT2D eigenvalue weighted by Gasteiger charge is 2.07. The van der Waals surface area contributed by atoms with Crippen molar-refractivity contribution in [1.29, 1.82) is 0 Å². The minimum atomic E-state index is 1.10. The number of rotatable bonds is 1. The maximum atomic E-state index is 3.40. The van der Waals surface area contributed by atoms with Crippen molar-refractivity contribution in [3.63, 3.8) is 0 Å². The van der Waals surface area contributed by atoms with Crippen LogP contribution in [0.1, 0.15) is 6.42 Å². The maximum absolute atomic E-state index is 3.40. The first-order chi connectivity index (χ1) is 6.47.